The van der Waals surface area contributed by atoms with Crippen molar-refractivity contribution in [2.75, 3.05) is 13.1 Å². The van der Waals surface area contributed by atoms with Crippen LogP contribution in [-0.4, -0.2) is 45.1 Å². The monoisotopic (exact) mass is 345 g/mol. The van der Waals surface area contributed by atoms with Crippen molar-refractivity contribution in [2.24, 2.45) is 5.92 Å². The zero-order valence-corrected chi connectivity index (χ0v) is 13.9. The van der Waals surface area contributed by atoms with E-state index < -0.39 is 11.8 Å². The number of aromatic amines is 1. The average molecular weight is 345 g/mol. The highest BCUT2D eigenvalue weighted by molar-refractivity contribution is 5.92. The van der Waals surface area contributed by atoms with Crippen molar-refractivity contribution < 1.29 is 14.3 Å². The normalized spacial score (nSPS) is 20.5. The van der Waals surface area contributed by atoms with E-state index >= 15 is 0 Å². The minimum absolute atomic E-state index is 0.0419. The molecule has 1 aromatic carbocycles. The molecule has 2 atom stereocenters. The molecule has 0 spiro atoms. The number of β-amino-alcohol motifs (C(OH)–C–C–N with tert-alkyl or cyclic N) is 1. The van der Waals surface area contributed by atoms with E-state index in [1.807, 2.05) is 6.07 Å². The van der Waals surface area contributed by atoms with Gasteiger partial charge in [0, 0.05) is 18.8 Å². The maximum absolute atomic E-state index is 13.3. The van der Waals surface area contributed by atoms with Crippen LogP contribution in [0.4, 0.5) is 4.39 Å². The number of amides is 1. The molecule has 3 rings (SSSR count). The predicted octanol–water partition coefficient (Wildman–Crippen LogP) is 1.28. The van der Waals surface area contributed by atoms with Crippen LogP contribution < -0.4 is 5.69 Å². The molecule has 0 saturated carbocycles. The van der Waals surface area contributed by atoms with Crippen LogP contribution in [0.25, 0.3) is 0 Å². The summed E-state index contributed by atoms with van der Waals surface area (Å²) in [6.45, 7) is 2.32. The number of rotatable bonds is 3. The van der Waals surface area contributed by atoms with E-state index in [1.54, 1.807) is 13.0 Å². The van der Waals surface area contributed by atoms with E-state index in [-0.39, 0.29) is 29.9 Å². The van der Waals surface area contributed by atoms with E-state index in [2.05, 4.69) is 9.97 Å². The van der Waals surface area contributed by atoms with Gasteiger partial charge in [-0.3, -0.25) is 4.79 Å². The molecule has 7 heteroatoms. The van der Waals surface area contributed by atoms with Crippen molar-refractivity contribution in [1.29, 1.82) is 0 Å². The number of H-pyrrole nitrogens is 1. The van der Waals surface area contributed by atoms with Gasteiger partial charge in [-0.05, 0) is 49.4 Å². The van der Waals surface area contributed by atoms with Crippen LogP contribution in [0.2, 0.25) is 0 Å². The quantitative estimate of drug-likeness (QED) is 0.877. The fourth-order valence-corrected chi connectivity index (χ4v) is 3.22. The highest BCUT2D eigenvalue weighted by Gasteiger charge is 2.31. The Balaban J connectivity index is 1.66. The number of carbonyl (C=O) groups excluding carboxylic acids is 1. The fourth-order valence-electron chi connectivity index (χ4n) is 3.22. The molecule has 1 aliphatic heterocycles. The third-order valence-corrected chi connectivity index (χ3v) is 4.49. The summed E-state index contributed by atoms with van der Waals surface area (Å²) in [6.07, 6.45) is 0.457. The largest absolute Gasteiger partial charge is 0.391 e. The number of aryl methyl sites for hydroxylation is 1. The first-order valence-electron chi connectivity index (χ1n) is 8.22. The van der Waals surface area contributed by atoms with E-state index in [4.69, 9.17) is 0 Å². The van der Waals surface area contributed by atoms with Gasteiger partial charge in [0.15, 0.2) is 0 Å². The number of aromatic nitrogens is 2. The topological polar surface area (TPSA) is 86.3 Å². The lowest BCUT2D eigenvalue weighted by Crippen LogP contribution is -2.47. The smallest absolute Gasteiger partial charge is 0.345 e. The van der Waals surface area contributed by atoms with Crippen LogP contribution in [0.1, 0.15) is 28.2 Å². The van der Waals surface area contributed by atoms with Crippen LogP contribution in [-0.2, 0) is 6.42 Å². The maximum atomic E-state index is 13.3. The van der Waals surface area contributed by atoms with Crippen LogP contribution in [0.5, 0.6) is 0 Å². The summed E-state index contributed by atoms with van der Waals surface area (Å²) in [7, 11) is 0. The molecule has 0 bridgehead atoms. The average Bonchev–Trinajstić information content (AvgIpc) is 2.55. The van der Waals surface area contributed by atoms with Gasteiger partial charge in [-0.2, -0.15) is 4.98 Å². The second-order valence-electron chi connectivity index (χ2n) is 6.46. The Labute approximate surface area is 144 Å². The summed E-state index contributed by atoms with van der Waals surface area (Å²) >= 11 is 0. The molecule has 0 unspecified atom stereocenters. The molecule has 1 aliphatic rings. The summed E-state index contributed by atoms with van der Waals surface area (Å²) in [5.41, 5.74) is 0.905. The SMILES string of the molecule is Cc1cc(C(=O)N2CC[C@H](Cc3cccc(F)c3)[C@H](O)C2)nc(=O)[nH]1. The van der Waals surface area contributed by atoms with Crippen molar-refractivity contribution in [2.45, 2.75) is 25.9 Å². The number of hydrogen-bond acceptors (Lipinski definition) is 4. The highest BCUT2D eigenvalue weighted by Crippen LogP contribution is 2.23. The molecule has 2 aromatic rings. The summed E-state index contributed by atoms with van der Waals surface area (Å²) in [6, 6.07) is 7.85. The molecule has 2 N–H and O–H groups in total. The first-order chi connectivity index (χ1) is 11.9. The number of benzene rings is 1. The molecule has 1 aromatic heterocycles. The standard InChI is InChI=1S/C18H20FN3O3/c1-11-7-15(21-18(25)20-11)17(24)22-6-5-13(16(23)10-22)8-12-3-2-4-14(19)9-12/h2-4,7,9,13,16,23H,5-6,8,10H2,1H3,(H,20,21,25)/t13-,16-/m1/s1. The van der Waals surface area contributed by atoms with Crippen molar-refractivity contribution in [3.05, 3.63) is 63.6 Å². The number of nitrogens with zero attached hydrogens (tertiary/aromatic N) is 2. The maximum Gasteiger partial charge on any atom is 0.345 e. The second kappa shape index (κ2) is 7.14. The van der Waals surface area contributed by atoms with Gasteiger partial charge in [-0.1, -0.05) is 12.1 Å². The van der Waals surface area contributed by atoms with Gasteiger partial charge in [0.1, 0.15) is 11.5 Å². The predicted molar refractivity (Wildman–Crippen MR) is 89.7 cm³/mol. The van der Waals surface area contributed by atoms with Gasteiger partial charge in [0.25, 0.3) is 5.91 Å². The first-order valence-corrected chi connectivity index (χ1v) is 8.22. The summed E-state index contributed by atoms with van der Waals surface area (Å²) in [5.74, 6) is -0.701. The molecular weight excluding hydrogens is 325 g/mol. The van der Waals surface area contributed by atoms with Gasteiger partial charge in [-0.25, -0.2) is 9.18 Å². The van der Waals surface area contributed by atoms with Crippen LogP contribution in [0.15, 0.2) is 35.1 Å². The second-order valence-corrected chi connectivity index (χ2v) is 6.46. The fraction of sp³-hybridized carbons (Fsp3) is 0.389. The number of halogens is 1. The van der Waals surface area contributed by atoms with Crippen molar-refractivity contribution >= 4 is 5.91 Å². The van der Waals surface area contributed by atoms with Crippen LogP contribution >= 0.6 is 0 Å². The molecule has 25 heavy (non-hydrogen) atoms. The lowest BCUT2D eigenvalue weighted by Gasteiger charge is -2.36. The van der Waals surface area contributed by atoms with Crippen molar-refractivity contribution in [3.63, 3.8) is 0 Å². The Kier molecular flexibility index (Phi) is 4.94. The molecule has 6 nitrogen and oxygen atoms in total. The Bertz CT molecular complexity index is 836. The summed E-state index contributed by atoms with van der Waals surface area (Å²) in [5, 5.41) is 10.4. The molecule has 1 amide bonds. The van der Waals surface area contributed by atoms with Crippen LogP contribution in [0, 0.1) is 18.7 Å². The molecule has 2 heterocycles. The molecular formula is C18H20FN3O3. The van der Waals surface area contributed by atoms with Gasteiger partial charge < -0.3 is 15.0 Å². The Morgan fingerprint density at radius 1 is 1.44 bits per heavy atom. The van der Waals surface area contributed by atoms with Crippen molar-refractivity contribution in [1.82, 2.24) is 14.9 Å². The summed E-state index contributed by atoms with van der Waals surface area (Å²) in [4.78, 5) is 31.6. The minimum atomic E-state index is -0.705. The number of likely N-dealkylation sites (tertiary alicyclic amines) is 1. The number of hydrogen-bond donors (Lipinski definition) is 2. The number of aliphatic hydroxyl groups is 1. The number of nitrogens with one attached hydrogen (secondary N) is 1. The Morgan fingerprint density at radius 3 is 2.92 bits per heavy atom. The first kappa shape index (κ1) is 17.3. The Hall–Kier alpha value is -2.54. The zero-order chi connectivity index (χ0) is 18.0. The molecule has 1 saturated heterocycles. The molecule has 132 valence electrons. The van der Waals surface area contributed by atoms with E-state index in [0.29, 0.717) is 25.1 Å². The minimum Gasteiger partial charge on any atom is -0.391 e. The van der Waals surface area contributed by atoms with Crippen LogP contribution in [0.3, 0.4) is 0 Å². The van der Waals surface area contributed by atoms with Crippen molar-refractivity contribution in [3.8, 4) is 0 Å². The summed E-state index contributed by atoms with van der Waals surface area (Å²) < 4.78 is 13.3. The number of aliphatic hydroxyl groups excluding tert-OH is 1. The van der Waals surface area contributed by atoms with Gasteiger partial charge in [-0.15, -0.1) is 0 Å². The highest BCUT2D eigenvalue weighted by atomic mass is 19.1. The Morgan fingerprint density at radius 2 is 2.24 bits per heavy atom. The molecule has 0 radical (unpaired) electrons. The van der Waals surface area contributed by atoms with E-state index in [0.717, 1.165) is 5.56 Å². The zero-order valence-electron chi connectivity index (χ0n) is 13.9. The van der Waals surface area contributed by atoms with Gasteiger partial charge >= 0.3 is 5.69 Å². The lowest BCUT2D eigenvalue weighted by molar-refractivity contribution is 0.0194. The van der Waals surface area contributed by atoms with Gasteiger partial charge in [0.2, 0.25) is 0 Å². The molecule has 1 fully saturated rings. The third-order valence-electron chi connectivity index (χ3n) is 4.49. The van der Waals surface area contributed by atoms with Gasteiger partial charge in [0.05, 0.1) is 6.10 Å². The number of carbonyl (C=O) groups is 1. The lowest BCUT2D eigenvalue weighted by atomic mass is 9.87. The third kappa shape index (κ3) is 4.11. The van der Waals surface area contributed by atoms with E-state index in [1.165, 1.54) is 23.1 Å². The molecule has 0 aliphatic carbocycles. The van der Waals surface area contributed by atoms with E-state index in [9.17, 15) is 19.1 Å². The number of piperidine rings is 1.